The van der Waals surface area contributed by atoms with Crippen LogP contribution in [0.5, 0.6) is 0 Å². The summed E-state index contributed by atoms with van der Waals surface area (Å²) in [6.07, 6.45) is 11.3. The van der Waals surface area contributed by atoms with Crippen LogP contribution in [-0.4, -0.2) is 32.5 Å². The Labute approximate surface area is 164 Å². The largest absolute Gasteiger partial charge is 0.476 e. The van der Waals surface area contributed by atoms with Crippen LogP contribution in [0.3, 0.4) is 0 Å². The van der Waals surface area contributed by atoms with Gasteiger partial charge in [-0.15, -0.1) is 0 Å². The highest BCUT2D eigenvalue weighted by Crippen LogP contribution is 2.21. The van der Waals surface area contributed by atoms with E-state index in [0.717, 1.165) is 30.2 Å². The van der Waals surface area contributed by atoms with Crippen LogP contribution in [0.1, 0.15) is 53.8 Å². The fourth-order valence-corrected chi connectivity index (χ4v) is 3.40. The second kappa shape index (κ2) is 9.62. The summed E-state index contributed by atoms with van der Waals surface area (Å²) in [5.41, 5.74) is 3.46. The second-order valence-corrected chi connectivity index (χ2v) is 7.33. The van der Waals surface area contributed by atoms with Gasteiger partial charge in [0.2, 0.25) is 0 Å². The lowest BCUT2D eigenvalue weighted by molar-refractivity contribution is 0.0690. The summed E-state index contributed by atoms with van der Waals surface area (Å²) in [7, 11) is 0. The normalized spacial score (nSPS) is 14.2. The maximum Gasteiger partial charge on any atom is 0.356 e. The van der Waals surface area contributed by atoms with Crippen LogP contribution in [0.25, 0.3) is 0 Å². The number of hydrogen-bond donors (Lipinski definition) is 1. The van der Waals surface area contributed by atoms with Crippen molar-refractivity contribution in [3.05, 3.63) is 70.3 Å². The van der Waals surface area contributed by atoms with Gasteiger partial charge in [0.05, 0.1) is 18.1 Å². The van der Waals surface area contributed by atoms with Crippen molar-refractivity contribution in [2.45, 2.75) is 45.2 Å². The summed E-state index contributed by atoms with van der Waals surface area (Å²) in [6.45, 7) is 2.34. The van der Waals surface area contributed by atoms with Gasteiger partial charge in [-0.05, 0) is 49.8 Å². The number of rotatable bonds is 8. The van der Waals surface area contributed by atoms with E-state index in [1.54, 1.807) is 6.20 Å². The molecule has 0 saturated heterocycles. The SMILES string of the molecule is O=C(O)c1cnc(CN(CCC2=CCCCC2)Cc2ccc(Cl)cc2)cn1. The number of aromatic carboxylic acids is 1. The zero-order valence-electron chi connectivity index (χ0n) is 15.3. The molecule has 0 saturated carbocycles. The number of nitrogens with zero attached hydrogens (tertiary/aromatic N) is 3. The number of benzene rings is 1. The molecule has 1 N–H and O–H groups in total. The molecule has 0 aliphatic heterocycles. The number of hydrogen-bond acceptors (Lipinski definition) is 4. The van der Waals surface area contributed by atoms with E-state index >= 15 is 0 Å². The minimum atomic E-state index is -1.06. The lowest BCUT2D eigenvalue weighted by Gasteiger charge is -2.23. The predicted molar refractivity (Wildman–Crippen MR) is 106 cm³/mol. The van der Waals surface area contributed by atoms with Gasteiger partial charge < -0.3 is 5.11 Å². The van der Waals surface area contributed by atoms with Gasteiger partial charge >= 0.3 is 5.97 Å². The van der Waals surface area contributed by atoms with Gasteiger partial charge in [-0.2, -0.15) is 0 Å². The summed E-state index contributed by atoms with van der Waals surface area (Å²) in [6, 6.07) is 7.88. The first-order valence-electron chi connectivity index (χ1n) is 9.29. The van der Waals surface area contributed by atoms with Gasteiger partial charge in [0.1, 0.15) is 0 Å². The topological polar surface area (TPSA) is 66.3 Å². The van der Waals surface area contributed by atoms with Crippen molar-refractivity contribution in [2.24, 2.45) is 0 Å². The number of carboxylic acid groups (broad SMARTS) is 1. The minimum absolute atomic E-state index is 0.0321. The molecule has 0 atom stereocenters. The molecule has 2 aromatic rings. The van der Waals surface area contributed by atoms with E-state index in [9.17, 15) is 4.79 Å². The highest BCUT2D eigenvalue weighted by atomic mass is 35.5. The maximum absolute atomic E-state index is 11.0. The molecular weight excluding hydrogens is 362 g/mol. The van der Waals surface area contributed by atoms with Gasteiger partial charge in [0.15, 0.2) is 5.69 Å². The van der Waals surface area contributed by atoms with E-state index in [1.807, 2.05) is 24.3 Å². The number of allylic oxidation sites excluding steroid dienone is 1. The lowest BCUT2D eigenvalue weighted by Crippen LogP contribution is -2.25. The fourth-order valence-electron chi connectivity index (χ4n) is 3.27. The van der Waals surface area contributed by atoms with Gasteiger partial charge in [0.25, 0.3) is 0 Å². The number of carbonyl (C=O) groups is 1. The zero-order chi connectivity index (χ0) is 19.1. The van der Waals surface area contributed by atoms with Crippen LogP contribution >= 0.6 is 11.6 Å². The maximum atomic E-state index is 11.0. The van der Waals surface area contributed by atoms with E-state index in [4.69, 9.17) is 16.7 Å². The molecule has 5 nitrogen and oxygen atoms in total. The molecule has 3 rings (SSSR count). The Bertz CT molecular complexity index is 788. The van der Waals surface area contributed by atoms with E-state index < -0.39 is 5.97 Å². The van der Waals surface area contributed by atoms with Crippen molar-refractivity contribution in [3.8, 4) is 0 Å². The molecule has 1 aliphatic carbocycles. The van der Waals surface area contributed by atoms with Crippen LogP contribution in [0.15, 0.2) is 48.3 Å². The summed E-state index contributed by atoms with van der Waals surface area (Å²) < 4.78 is 0. The monoisotopic (exact) mass is 385 g/mol. The molecule has 0 fully saturated rings. The van der Waals surface area contributed by atoms with Crippen molar-refractivity contribution in [3.63, 3.8) is 0 Å². The molecule has 1 aliphatic rings. The fraction of sp³-hybridized carbons (Fsp3) is 0.381. The Hall–Kier alpha value is -2.24. The van der Waals surface area contributed by atoms with Gasteiger partial charge in [-0.25, -0.2) is 9.78 Å². The second-order valence-electron chi connectivity index (χ2n) is 6.89. The van der Waals surface area contributed by atoms with Gasteiger partial charge in [-0.3, -0.25) is 9.88 Å². The van der Waals surface area contributed by atoms with E-state index in [1.165, 1.54) is 43.0 Å². The smallest absolute Gasteiger partial charge is 0.356 e. The van der Waals surface area contributed by atoms with Crippen LogP contribution in [-0.2, 0) is 13.1 Å². The van der Waals surface area contributed by atoms with E-state index in [0.29, 0.717) is 6.54 Å². The average Bonchev–Trinajstić information content (AvgIpc) is 2.69. The molecule has 0 radical (unpaired) electrons. The molecule has 27 heavy (non-hydrogen) atoms. The van der Waals surface area contributed by atoms with Crippen LogP contribution in [0.2, 0.25) is 5.02 Å². The highest BCUT2D eigenvalue weighted by molar-refractivity contribution is 6.30. The molecule has 0 unspecified atom stereocenters. The number of halogens is 1. The molecule has 0 bridgehead atoms. The molecule has 0 amide bonds. The summed E-state index contributed by atoms with van der Waals surface area (Å²) in [5, 5.41) is 9.70. The van der Waals surface area contributed by atoms with E-state index in [-0.39, 0.29) is 5.69 Å². The molecule has 6 heteroatoms. The Balaban J connectivity index is 1.68. The number of aromatic nitrogens is 2. The third-order valence-electron chi connectivity index (χ3n) is 4.76. The molecule has 142 valence electrons. The third-order valence-corrected chi connectivity index (χ3v) is 5.02. The standard InChI is InChI=1S/C21H24ClN3O2/c22-18-8-6-17(7-9-18)14-25(11-10-16-4-2-1-3-5-16)15-19-12-24-20(13-23-19)21(26)27/h4,6-9,12-13H,1-3,5,10-11,14-15H2,(H,26,27). The third kappa shape index (κ3) is 6.15. The summed E-state index contributed by atoms with van der Waals surface area (Å²) in [4.78, 5) is 21.5. The molecule has 1 aromatic carbocycles. The van der Waals surface area contributed by atoms with Crippen molar-refractivity contribution in [1.29, 1.82) is 0 Å². The Morgan fingerprint density at radius 1 is 1.11 bits per heavy atom. The average molecular weight is 386 g/mol. The zero-order valence-corrected chi connectivity index (χ0v) is 16.0. The van der Waals surface area contributed by atoms with Crippen molar-refractivity contribution in [1.82, 2.24) is 14.9 Å². The molecule has 1 aromatic heterocycles. The van der Waals surface area contributed by atoms with Crippen LogP contribution in [0, 0.1) is 0 Å². The summed E-state index contributed by atoms with van der Waals surface area (Å²) >= 11 is 5.99. The number of carboxylic acids is 1. The van der Waals surface area contributed by atoms with Crippen molar-refractivity contribution < 1.29 is 9.90 Å². The predicted octanol–water partition coefficient (Wildman–Crippen LogP) is 4.72. The first kappa shape index (κ1) is 19.5. The molecule has 0 spiro atoms. The van der Waals surface area contributed by atoms with Crippen LogP contribution < -0.4 is 0 Å². The van der Waals surface area contributed by atoms with Gasteiger partial charge in [0, 0.05) is 24.7 Å². The Kier molecular flexibility index (Phi) is 6.96. The first-order valence-corrected chi connectivity index (χ1v) is 9.67. The van der Waals surface area contributed by atoms with Gasteiger partial charge in [-0.1, -0.05) is 35.4 Å². The van der Waals surface area contributed by atoms with Crippen LogP contribution in [0.4, 0.5) is 0 Å². The Morgan fingerprint density at radius 2 is 1.93 bits per heavy atom. The summed E-state index contributed by atoms with van der Waals surface area (Å²) in [5.74, 6) is -1.06. The first-order chi connectivity index (χ1) is 13.1. The van der Waals surface area contributed by atoms with Crippen molar-refractivity contribution >= 4 is 17.6 Å². The van der Waals surface area contributed by atoms with E-state index in [2.05, 4.69) is 20.9 Å². The quantitative estimate of drug-likeness (QED) is 0.666. The highest BCUT2D eigenvalue weighted by Gasteiger charge is 2.12. The minimum Gasteiger partial charge on any atom is -0.476 e. The Morgan fingerprint density at radius 3 is 2.56 bits per heavy atom. The molecule has 1 heterocycles. The molecular formula is C21H24ClN3O2. The van der Waals surface area contributed by atoms with Crippen molar-refractivity contribution in [2.75, 3.05) is 6.54 Å². The lowest BCUT2D eigenvalue weighted by atomic mass is 9.97.